The Labute approximate surface area is 140 Å². The lowest BCUT2D eigenvalue weighted by Gasteiger charge is -2.22. The number of carbonyl (C=O) groups excluding carboxylic acids is 2. The summed E-state index contributed by atoms with van der Waals surface area (Å²) in [6.45, 7) is 4.85. The highest BCUT2D eigenvalue weighted by Crippen LogP contribution is 2.32. The summed E-state index contributed by atoms with van der Waals surface area (Å²) in [5, 5.41) is 2.02. The minimum Gasteiger partial charge on any atom is -0.343 e. The van der Waals surface area contributed by atoms with E-state index in [0.29, 0.717) is 13.1 Å². The van der Waals surface area contributed by atoms with Crippen LogP contribution in [0.1, 0.15) is 44.7 Å². The van der Waals surface area contributed by atoms with E-state index in [0.717, 1.165) is 0 Å². The van der Waals surface area contributed by atoms with Gasteiger partial charge in [-0.05, 0) is 25.8 Å². The Kier molecular flexibility index (Phi) is 7.74. The van der Waals surface area contributed by atoms with Gasteiger partial charge in [-0.3, -0.25) is 9.59 Å². The Bertz CT molecular complexity index is 528. The van der Waals surface area contributed by atoms with Crippen molar-refractivity contribution in [1.29, 1.82) is 0 Å². The SMILES string of the molecule is CCN(CC)C(=O)CCCC(=O)N[C@H](c1ccccc1)C(F)(F)F. The fraction of sp³-hybridized carbons (Fsp3) is 0.529. The third-order valence-electron chi connectivity index (χ3n) is 3.68. The first-order chi connectivity index (χ1) is 11.3. The van der Waals surface area contributed by atoms with Gasteiger partial charge in [0, 0.05) is 25.9 Å². The molecule has 1 N–H and O–H groups in total. The molecule has 0 aromatic heterocycles. The molecular weight excluding hydrogens is 321 g/mol. The van der Waals surface area contributed by atoms with Crippen LogP contribution in [0.4, 0.5) is 13.2 Å². The van der Waals surface area contributed by atoms with E-state index in [2.05, 4.69) is 0 Å². The zero-order chi connectivity index (χ0) is 18.2. The van der Waals surface area contributed by atoms with Crippen LogP contribution in [0.25, 0.3) is 0 Å². The molecule has 1 aromatic rings. The van der Waals surface area contributed by atoms with E-state index in [9.17, 15) is 22.8 Å². The maximum Gasteiger partial charge on any atom is 0.412 e. The zero-order valence-corrected chi connectivity index (χ0v) is 13.9. The third-order valence-corrected chi connectivity index (χ3v) is 3.68. The van der Waals surface area contributed by atoms with Crippen LogP contribution < -0.4 is 5.32 Å². The first-order valence-electron chi connectivity index (χ1n) is 7.98. The summed E-state index contributed by atoms with van der Waals surface area (Å²) < 4.78 is 39.4. The summed E-state index contributed by atoms with van der Waals surface area (Å²) >= 11 is 0. The predicted octanol–water partition coefficient (Wildman–Crippen LogP) is 3.44. The molecule has 0 aliphatic carbocycles. The maximum atomic E-state index is 13.1. The molecule has 1 rings (SSSR count). The van der Waals surface area contributed by atoms with Gasteiger partial charge in [-0.25, -0.2) is 0 Å². The summed E-state index contributed by atoms with van der Waals surface area (Å²) in [7, 11) is 0. The van der Waals surface area contributed by atoms with Crippen LogP contribution in [-0.2, 0) is 9.59 Å². The van der Waals surface area contributed by atoms with E-state index in [4.69, 9.17) is 0 Å². The highest BCUT2D eigenvalue weighted by Gasteiger charge is 2.41. The van der Waals surface area contributed by atoms with E-state index in [1.54, 1.807) is 11.0 Å². The highest BCUT2D eigenvalue weighted by molar-refractivity contribution is 5.79. The second kappa shape index (κ2) is 9.30. The standard InChI is InChI=1S/C17H23F3N2O2/c1-3-22(4-2)15(24)12-8-11-14(23)21-16(17(18,19)20)13-9-6-5-7-10-13/h5-7,9-10,16H,3-4,8,11-12H2,1-2H3,(H,21,23)/t16-/m1/s1. The number of halogens is 3. The normalized spacial score (nSPS) is 12.5. The average molecular weight is 344 g/mol. The first-order valence-corrected chi connectivity index (χ1v) is 7.98. The van der Waals surface area contributed by atoms with E-state index >= 15 is 0 Å². The van der Waals surface area contributed by atoms with Gasteiger partial charge in [0.25, 0.3) is 0 Å². The van der Waals surface area contributed by atoms with Crippen molar-refractivity contribution < 1.29 is 22.8 Å². The molecule has 0 fully saturated rings. The number of benzene rings is 1. The van der Waals surface area contributed by atoms with Crippen molar-refractivity contribution in [3.8, 4) is 0 Å². The van der Waals surface area contributed by atoms with Crippen LogP contribution in [0.5, 0.6) is 0 Å². The Hall–Kier alpha value is -2.05. The highest BCUT2D eigenvalue weighted by atomic mass is 19.4. The Morgan fingerprint density at radius 2 is 1.67 bits per heavy atom. The molecule has 0 saturated heterocycles. The lowest BCUT2D eigenvalue weighted by molar-refractivity contribution is -0.163. The topological polar surface area (TPSA) is 49.4 Å². The molecule has 2 amide bonds. The molecule has 7 heteroatoms. The van der Waals surface area contributed by atoms with Crippen LogP contribution in [-0.4, -0.2) is 36.0 Å². The smallest absolute Gasteiger partial charge is 0.343 e. The zero-order valence-electron chi connectivity index (χ0n) is 13.9. The van der Waals surface area contributed by atoms with Gasteiger partial charge in [0.05, 0.1) is 0 Å². The van der Waals surface area contributed by atoms with E-state index in [1.807, 2.05) is 19.2 Å². The summed E-state index contributed by atoms with van der Waals surface area (Å²) in [4.78, 5) is 25.3. The largest absolute Gasteiger partial charge is 0.412 e. The summed E-state index contributed by atoms with van der Waals surface area (Å²) in [5.74, 6) is -0.809. The van der Waals surface area contributed by atoms with Crippen LogP contribution in [0, 0.1) is 0 Å². The van der Waals surface area contributed by atoms with Crippen LogP contribution in [0.15, 0.2) is 30.3 Å². The Morgan fingerprint density at radius 3 is 2.17 bits per heavy atom. The second-order valence-electron chi connectivity index (χ2n) is 5.37. The number of rotatable bonds is 8. The van der Waals surface area contributed by atoms with Crippen LogP contribution in [0.2, 0.25) is 0 Å². The van der Waals surface area contributed by atoms with Gasteiger partial charge in [0.15, 0.2) is 6.04 Å². The van der Waals surface area contributed by atoms with E-state index < -0.39 is 18.1 Å². The summed E-state index contributed by atoms with van der Waals surface area (Å²) in [6.07, 6.45) is -4.32. The molecule has 0 aliphatic heterocycles. The molecule has 4 nitrogen and oxygen atoms in total. The molecule has 0 bridgehead atoms. The van der Waals surface area contributed by atoms with Crippen LogP contribution in [0.3, 0.4) is 0 Å². The molecule has 1 atom stereocenters. The van der Waals surface area contributed by atoms with E-state index in [-0.39, 0.29) is 30.7 Å². The Morgan fingerprint density at radius 1 is 1.08 bits per heavy atom. The number of hydrogen-bond donors (Lipinski definition) is 1. The maximum absolute atomic E-state index is 13.1. The third kappa shape index (κ3) is 6.22. The number of nitrogens with zero attached hydrogens (tertiary/aromatic N) is 1. The molecule has 1 aromatic carbocycles. The van der Waals surface area contributed by atoms with Crippen LogP contribution >= 0.6 is 0 Å². The molecule has 0 spiro atoms. The second-order valence-corrected chi connectivity index (χ2v) is 5.37. The molecule has 0 radical (unpaired) electrons. The Balaban J connectivity index is 2.57. The lowest BCUT2D eigenvalue weighted by Crippen LogP contribution is -2.38. The molecule has 0 saturated carbocycles. The minimum atomic E-state index is -4.58. The molecule has 0 unspecified atom stereocenters. The molecule has 0 heterocycles. The number of carbonyl (C=O) groups is 2. The lowest BCUT2D eigenvalue weighted by atomic mass is 10.1. The fourth-order valence-corrected chi connectivity index (χ4v) is 2.37. The van der Waals surface area contributed by atoms with Crippen molar-refractivity contribution in [3.63, 3.8) is 0 Å². The summed E-state index contributed by atoms with van der Waals surface area (Å²) in [6, 6.07) is 5.19. The van der Waals surface area contributed by atoms with Gasteiger partial charge < -0.3 is 10.2 Å². The average Bonchev–Trinajstić information content (AvgIpc) is 2.53. The van der Waals surface area contributed by atoms with Crippen molar-refractivity contribution in [2.75, 3.05) is 13.1 Å². The molecule has 0 aliphatic rings. The van der Waals surface area contributed by atoms with Gasteiger partial charge in [0.2, 0.25) is 11.8 Å². The number of hydrogen-bond acceptors (Lipinski definition) is 2. The number of alkyl halides is 3. The van der Waals surface area contributed by atoms with Gasteiger partial charge >= 0.3 is 6.18 Å². The van der Waals surface area contributed by atoms with Gasteiger partial charge in [-0.15, -0.1) is 0 Å². The van der Waals surface area contributed by atoms with Crippen molar-refractivity contribution >= 4 is 11.8 Å². The molecule has 134 valence electrons. The van der Waals surface area contributed by atoms with E-state index in [1.165, 1.54) is 24.3 Å². The van der Waals surface area contributed by atoms with Crippen molar-refractivity contribution in [2.45, 2.75) is 45.3 Å². The molecular formula is C17H23F3N2O2. The first kappa shape index (κ1) is 20.0. The fourth-order valence-electron chi connectivity index (χ4n) is 2.37. The quantitative estimate of drug-likeness (QED) is 0.785. The van der Waals surface area contributed by atoms with Gasteiger partial charge in [-0.1, -0.05) is 30.3 Å². The van der Waals surface area contributed by atoms with Crippen molar-refractivity contribution in [1.82, 2.24) is 10.2 Å². The van der Waals surface area contributed by atoms with Crippen molar-refractivity contribution in [3.05, 3.63) is 35.9 Å². The number of nitrogens with one attached hydrogen (secondary N) is 1. The van der Waals surface area contributed by atoms with Gasteiger partial charge in [0.1, 0.15) is 0 Å². The summed E-state index contributed by atoms with van der Waals surface area (Å²) in [5.41, 5.74) is -0.0161. The van der Waals surface area contributed by atoms with Crippen molar-refractivity contribution in [2.24, 2.45) is 0 Å². The molecule has 24 heavy (non-hydrogen) atoms. The number of amides is 2. The monoisotopic (exact) mass is 344 g/mol. The minimum absolute atomic E-state index is 0.0161. The van der Waals surface area contributed by atoms with Gasteiger partial charge in [-0.2, -0.15) is 13.2 Å². The predicted molar refractivity (Wildman–Crippen MR) is 85.2 cm³/mol.